The minimum Gasteiger partial charge on any atom is -0.342 e. The Hall–Kier alpha value is -1.90. The molecule has 27 heavy (non-hydrogen) atoms. The van der Waals surface area contributed by atoms with E-state index in [2.05, 4.69) is 4.98 Å². The quantitative estimate of drug-likeness (QED) is 0.775. The van der Waals surface area contributed by atoms with Crippen molar-refractivity contribution in [1.82, 2.24) is 19.0 Å². The van der Waals surface area contributed by atoms with Gasteiger partial charge in [-0.25, -0.2) is 9.78 Å². The van der Waals surface area contributed by atoms with Crippen LogP contribution in [0.2, 0.25) is 0 Å². The Morgan fingerprint density at radius 1 is 1.22 bits per heavy atom. The summed E-state index contributed by atoms with van der Waals surface area (Å²) in [5.41, 5.74) is 5.66. The molecule has 2 aromatic heterocycles. The minimum absolute atomic E-state index is 0. The molecule has 1 amide bonds. The van der Waals surface area contributed by atoms with E-state index in [0.29, 0.717) is 24.4 Å². The fraction of sp³-hybridized carbons (Fsp3) is 0.529. The second-order valence-electron chi connectivity index (χ2n) is 6.72. The van der Waals surface area contributed by atoms with Crippen LogP contribution in [0.3, 0.4) is 0 Å². The lowest BCUT2D eigenvalue weighted by Crippen LogP contribution is -2.38. The van der Waals surface area contributed by atoms with Crippen LogP contribution < -0.4 is 17.0 Å². The van der Waals surface area contributed by atoms with E-state index >= 15 is 0 Å². The van der Waals surface area contributed by atoms with Gasteiger partial charge in [0.1, 0.15) is 5.65 Å². The summed E-state index contributed by atoms with van der Waals surface area (Å²) in [6.07, 6.45) is 2.08. The van der Waals surface area contributed by atoms with Gasteiger partial charge in [0, 0.05) is 39.9 Å². The number of nitrogens with two attached hydrogens (primary N) is 1. The lowest BCUT2D eigenvalue weighted by molar-refractivity contribution is 0.0789. The van der Waals surface area contributed by atoms with Crippen LogP contribution in [-0.4, -0.2) is 44.6 Å². The van der Waals surface area contributed by atoms with Crippen molar-refractivity contribution in [2.75, 3.05) is 13.6 Å². The van der Waals surface area contributed by atoms with Crippen molar-refractivity contribution < 1.29 is 4.79 Å². The summed E-state index contributed by atoms with van der Waals surface area (Å²) >= 11 is 0. The molecule has 2 N–H and O–H groups in total. The zero-order valence-corrected chi connectivity index (χ0v) is 17.8. The molecule has 0 aromatic carbocycles. The molecule has 2 aromatic rings. The summed E-state index contributed by atoms with van der Waals surface area (Å²) in [5, 5.41) is 0.239. The number of aryl methyl sites for hydroxylation is 1. The van der Waals surface area contributed by atoms with Gasteiger partial charge in [0.2, 0.25) is 0 Å². The third-order valence-corrected chi connectivity index (χ3v) is 4.54. The van der Waals surface area contributed by atoms with Gasteiger partial charge in [-0.2, -0.15) is 0 Å². The maximum atomic E-state index is 12.6. The lowest BCUT2D eigenvalue weighted by Gasteiger charge is -2.21. The van der Waals surface area contributed by atoms with Gasteiger partial charge in [-0.15, -0.1) is 24.8 Å². The Morgan fingerprint density at radius 3 is 2.37 bits per heavy atom. The highest BCUT2D eigenvalue weighted by Gasteiger charge is 2.17. The number of aromatic nitrogens is 3. The van der Waals surface area contributed by atoms with Gasteiger partial charge in [0.15, 0.2) is 0 Å². The van der Waals surface area contributed by atoms with Crippen molar-refractivity contribution in [2.24, 2.45) is 25.7 Å². The highest BCUT2D eigenvalue weighted by atomic mass is 35.5. The first-order chi connectivity index (χ1) is 11.6. The topological polar surface area (TPSA) is 103 Å². The van der Waals surface area contributed by atoms with Crippen LogP contribution in [0.15, 0.2) is 21.9 Å². The Bertz CT molecular complexity index is 923. The SMILES string of the molecule is CC(C)C(N)CCN(C)C(=O)c1cnc2c(c1)c(=O)n(C)c(=O)n2C.Cl.Cl. The fourth-order valence-electron chi connectivity index (χ4n) is 2.58. The molecule has 0 aliphatic heterocycles. The predicted molar refractivity (Wildman–Crippen MR) is 111 cm³/mol. The molecule has 2 rings (SSSR count). The molecule has 0 spiro atoms. The largest absolute Gasteiger partial charge is 0.342 e. The number of nitrogens with zero attached hydrogens (tertiary/aromatic N) is 4. The molecule has 0 saturated carbocycles. The molecule has 1 atom stereocenters. The molecule has 0 saturated heterocycles. The van der Waals surface area contributed by atoms with Crippen LogP contribution in [0, 0.1) is 5.92 Å². The number of carbonyl (C=O) groups excluding carboxylic acids is 1. The van der Waals surface area contributed by atoms with E-state index < -0.39 is 11.2 Å². The molecular weight excluding hydrogens is 393 g/mol. The molecule has 0 bridgehead atoms. The van der Waals surface area contributed by atoms with E-state index in [1.54, 1.807) is 11.9 Å². The van der Waals surface area contributed by atoms with Gasteiger partial charge < -0.3 is 10.6 Å². The standard InChI is InChI=1S/C17H25N5O3.2ClH/c1-10(2)13(18)6-7-20(3)15(23)11-8-12-14(19-9-11)21(4)17(25)22(5)16(12)24;;/h8-10,13H,6-7,18H2,1-5H3;2*1H. The van der Waals surface area contributed by atoms with Crippen molar-refractivity contribution in [3.63, 3.8) is 0 Å². The maximum absolute atomic E-state index is 12.6. The molecule has 10 heteroatoms. The Balaban J connectivity index is 0.00000338. The van der Waals surface area contributed by atoms with E-state index in [0.717, 1.165) is 4.57 Å². The molecule has 2 heterocycles. The smallest absolute Gasteiger partial charge is 0.332 e. The normalized spacial score (nSPS) is 11.7. The van der Waals surface area contributed by atoms with E-state index in [-0.39, 0.29) is 47.8 Å². The molecule has 152 valence electrons. The first-order valence-electron chi connectivity index (χ1n) is 8.22. The number of amides is 1. The van der Waals surface area contributed by atoms with Crippen molar-refractivity contribution in [1.29, 1.82) is 0 Å². The van der Waals surface area contributed by atoms with E-state index in [1.165, 1.54) is 30.9 Å². The van der Waals surface area contributed by atoms with Crippen LogP contribution >= 0.6 is 24.8 Å². The molecule has 0 fully saturated rings. The first-order valence-corrected chi connectivity index (χ1v) is 8.22. The zero-order valence-electron chi connectivity index (χ0n) is 16.1. The van der Waals surface area contributed by atoms with Crippen molar-refractivity contribution >= 4 is 41.8 Å². The van der Waals surface area contributed by atoms with Gasteiger partial charge in [-0.05, 0) is 18.4 Å². The Morgan fingerprint density at radius 2 is 1.81 bits per heavy atom. The second-order valence-corrected chi connectivity index (χ2v) is 6.72. The Kier molecular flexibility index (Phi) is 9.17. The number of hydrogen-bond acceptors (Lipinski definition) is 5. The highest BCUT2D eigenvalue weighted by Crippen LogP contribution is 2.11. The molecule has 0 radical (unpaired) electrons. The summed E-state index contributed by atoms with van der Waals surface area (Å²) in [7, 11) is 4.63. The van der Waals surface area contributed by atoms with Crippen LogP contribution in [0.1, 0.15) is 30.6 Å². The maximum Gasteiger partial charge on any atom is 0.332 e. The van der Waals surface area contributed by atoms with Crippen LogP contribution in [0.4, 0.5) is 0 Å². The number of carbonyl (C=O) groups is 1. The van der Waals surface area contributed by atoms with Crippen molar-refractivity contribution in [3.05, 3.63) is 38.7 Å². The second kappa shape index (κ2) is 9.87. The lowest BCUT2D eigenvalue weighted by atomic mass is 10.0. The summed E-state index contributed by atoms with van der Waals surface area (Å²) in [5.74, 6) is 0.108. The number of hydrogen-bond donors (Lipinski definition) is 1. The average Bonchev–Trinajstić information content (AvgIpc) is 2.60. The van der Waals surface area contributed by atoms with Gasteiger partial charge in [-0.1, -0.05) is 13.8 Å². The monoisotopic (exact) mass is 419 g/mol. The number of pyridine rings is 1. The highest BCUT2D eigenvalue weighted by molar-refractivity contribution is 5.96. The van der Waals surface area contributed by atoms with E-state index in [9.17, 15) is 14.4 Å². The van der Waals surface area contributed by atoms with Crippen LogP contribution in [0.5, 0.6) is 0 Å². The third-order valence-electron chi connectivity index (χ3n) is 4.54. The van der Waals surface area contributed by atoms with Gasteiger partial charge in [0.25, 0.3) is 11.5 Å². The first kappa shape index (κ1) is 25.1. The van der Waals surface area contributed by atoms with Crippen LogP contribution in [-0.2, 0) is 14.1 Å². The van der Waals surface area contributed by atoms with Gasteiger partial charge in [-0.3, -0.25) is 18.7 Å². The van der Waals surface area contributed by atoms with Crippen LogP contribution in [0.25, 0.3) is 11.0 Å². The summed E-state index contributed by atoms with van der Waals surface area (Å²) in [6.45, 7) is 4.60. The summed E-state index contributed by atoms with van der Waals surface area (Å²) < 4.78 is 2.29. The predicted octanol–water partition coefficient (Wildman–Crippen LogP) is 0.921. The minimum atomic E-state index is -0.468. The fourth-order valence-corrected chi connectivity index (χ4v) is 2.58. The number of halogens is 2. The van der Waals surface area contributed by atoms with Gasteiger partial charge >= 0.3 is 5.69 Å². The zero-order chi connectivity index (χ0) is 18.9. The number of fused-ring (bicyclic) bond motifs is 1. The average molecular weight is 420 g/mol. The van der Waals surface area contributed by atoms with Gasteiger partial charge in [0.05, 0.1) is 10.9 Å². The Labute approximate surface area is 170 Å². The molecule has 0 aliphatic carbocycles. The number of rotatable bonds is 5. The summed E-state index contributed by atoms with van der Waals surface area (Å²) in [4.78, 5) is 42.5. The molecule has 8 nitrogen and oxygen atoms in total. The molecule has 1 unspecified atom stereocenters. The van der Waals surface area contributed by atoms with Crippen molar-refractivity contribution in [3.8, 4) is 0 Å². The summed E-state index contributed by atoms with van der Waals surface area (Å²) in [6, 6.07) is 1.51. The molecular formula is C17H27Cl2N5O3. The van der Waals surface area contributed by atoms with E-state index in [1.807, 2.05) is 13.8 Å². The third kappa shape index (κ3) is 5.09. The molecule has 0 aliphatic rings. The van der Waals surface area contributed by atoms with E-state index in [4.69, 9.17) is 5.73 Å². The van der Waals surface area contributed by atoms with Crippen molar-refractivity contribution in [2.45, 2.75) is 26.3 Å².